The number of aryl methyl sites for hydroxylation is 1. The first kappa shape index (κ1) is 18.8. The molecule has 2 fully saturated rings. The Morgan fingerprint density at radius 3 is 2.54 bits per heavy atom. The van der Waals surface area contributed by atoms with Crippen molar-refractivity contribution in [3.8, 4) is 0 Å². The van der Waals surface area contributed by atoms with Crippen LogP contribution in [-0.4, -0.2) is 49.0 Å². The van der Waals surface area contributed by atoms with E-state index in [1.54, 1.807) is 6.92 Å². The second kappa shape index (κ2) is 7.00. The van der Waals surface area contributed by atoms with Crippen LogP contribution in [0.25, 0.3) is 0 Å². The maximum absolute atomic E-state index is 13.3. The number of carboxylic acid groups (broad SMARTS) is 1. The molecule has 0 aromatic heterocycles. The first-order valence-corrected chi connectivity index (χ1v) is 10.2. The van der Waals surface area contributed by atoms with Gasteiger partial charge >= 0.3 is 11.9 Å². The standard InChI is InChI=1S/C18H23NO6S/c1-11-9-13(18(22)25-2)7-8-16(11)26(23,24)19-14-6-4-3-5-12(14)10-15(19)17(20)21/h7-9,12,14-15H,3-6,10H2,1-2H3,(H,20,21). The molecule has 1 saturated carbocycles. The van der Waals surface area contributed by atoms with E-state index in [-0.39, 0.29) is 22.4 Å². The van der Waals surface area contributed by atoms with Gasteiger partial charge in [0.25, 0.3) is 0 Å². The van der Waals surface area contributed by atoms with E-state index >= 15 is 0 Å². The minimum absolute atomic E-state index is 0.0441. The fraction of sp³-hybridized carbons (Fsp3) is 0.556. The Morgan fingerprint density at radius 1 is 1.23 bits per heavy atom. The van der Waals surface area contributed by atoms with Crippen molar-refractivity contribution in [3.63, 3.8) is 0 Å². The van der Waals surface area contributed by atoms with Crippen molar-refractivity contribution in [1.82, 2.24) is 4.31 Å². The van der Waals surface area contributed by atoms with Crippen molar-refractivity contribution < 1.29 is 27.9 Å². The Labute approximate surface area is 153 Å². The maximum Gasteiger partial charge on any atom is 0.337 e. The van der Waals surface area contributed by atoms with E-state index in [1.165, 1.54) is 29.6 Å². The highest BCUT2D eigenvalue weighted by Crippen LogP contribution is 2.43. The summed E-state index contributed by atoms with van der Waals surface area (Å²) >= 11 is 0. The van der Waals surface area contributed by atoms with Crippen LogP contribution in [0.4, 0.5) is 0 Å². The molecule has 3 rings (SSSR count). The number of fused-ring (bicyclic) bond motifs is 1. The third-order valence-electron chi connectivity index (χ3n) is 5.47. The van der Waals surface area contributed by atoms with E-state index in [1.807, 2.05) is 0 Å². The number of carbonyl (C=O) groups excluding carboxylic acids is 1. The van der Waals surface area contributed by atoms with Crippen LogP contribution in [0.2, 0.25) is 0 Å². The number of carbonyl (C=O) groups is 2. The number of rotatable bonds is 4. The van der Waals surface area contributed by atoms with Gasteiger partial charge < -0.3 is 9.84 Å². The first-order valence-electron chi connectivity index (χ1n) is 8.72. The highest BCUT2D eigenvalue weighted by molar-refractivity contribution is 7.89. The van der Waals surface area contributed by atoms with Crippen LogP contribution < -0.4 is 0 Å². The number of hydrogen-bond acceptors (Lipinski definition) is 5. The number of nitrogens with zero attached hydrogens (tertiary/aromatic N) is 1. The molecule has 1 saturated heterocycles. The van der Waals surface area contributed by atoms with Gasteiger partial charge in [0, 0.05) is 6.04 Å². The zero-order chi connectivity index (χ0) is 19.1. The van der Waals surface area contributed by atoms with E-state index in [0.29, 0.717) is 18.4 Å². The average Bonchev–Trinajstić information content (AvgIpc) is 3.01. The van der Waals surface area contributed by atoms with Crippen LogP contribution in [0.15, 0.2) is 23.1 Å². The average molecular weight is 381 g/mol. The van der Waals surface area contributed by atoms with Gasteiger partial charge in [-0.15, -0.1) is 0 Å². The summed E-state index contributed by atoms with van der Waals surface area (Å²) in [5.74, 6) is -1.56. The molecule has 1 aliphatic heterocycles. The van der Waals surface area contributed by atoms with Gasteiger partial charge in [-0.2, -0.15) is 4.31 Å². The minimum Gasteiger partial charge on any atom is -0.480 e. The monoisotopic (exact) mass is 381 g/mol. The number of methoxy groups -OCH3 is 1. The molecule has 0 radical (unpaired) electrons. The Hall–Kier alpha value is -1.93. The van der Waals surface area contributed by atoms with Gasteiger partial charge in [-0.3, -0.25) is 4.79 Å². The molecule has 1 heterocycles. The summed E-state index contributed by atoms with van der Waals surface area (Å²) in [4.78, 5) is 23.4. The number of hydrogen-bond donors (Lipinski definition) is 1. The van der Waals surface area contributed by atoms with Crippen molar-refractivity contribution >= 4 is 22.0 Å². The third kappa shape index (κ3) is 3.12. The predicted octanol–water partition coefficient (Wildman–Crippen LogP) is 2.19. The van der Waals surface area contributed by atoms with Gasteiger partial charge in [-0.25, -0.2) is 13.2 Å². The smallest absolute Gasteiger partial charge is 0.337 e. The fourth-order valence-electron chi connectivity index (χ4n) is 4.27. The van der Waals surface area contributed by atoms with Crippen LogP contribution in [0.1, 0.15) is 48.0 Å². The number of aliphatic carboxylic acids is 1. The Balaban J connectivity index is 2.03. The highest BCUT2D eigenvalue weighted by atomic mass is 32.2. The topological polar surface area (TPSA) is 101 Å². The largest absolute Gasteiger partial charge is 0.480 e. The van der Waals surface area contributed by atoms with Crippen molar-refractivity contribution in [1.29, 1.82) is 0 Å². The van der Waals surface area contributed by atoms with Gasteiger partial charge in [-0.1, -0.05) is 12.8 Å². The predicted molar refractivity (Wildman–Crippen MR) is 93.3 cm³/mol. The Bertz CT molecular complexity index is 834. The molecule has 1 aliphatic carbocycles. The van der Waals surface area contributed by atoms with E-state index in [9.17, 15) is 23.1 Å². The van der Waals surface area contributed by atoms with Gasteiger partial charge in [0.05, 0.1) is 17.6 Å². The molecular formula is C18H23NO6S. The van der Waals surface area contributed by atoms with Crippen molar-refractivity contribution in [3.05, 3.63) is 29.3 Å². The molecule has 26 heavy (non-hydrogen) atoms. The molecule has 1 aromatic carbocycles. The van der Waals surface area contributed by atoms with Gasteiger partial charge in [-0.05, 0) is 55.9 Å². The van der Waals surface area contributed by atoms with Crippen LogP contribution in [-0.2, 0) is 19.6 Å². The number of esters is 1. The summed E-state index contributed by atoms with van der Waals surface area (Å²) in [6.45, 7) is 1.60. The zero-order valence-corrected chi connectivity index (χ0v) is 15.7. The molecule has 0 spiro atoms. The van der Waals surface area contributed by atoms with Gasteiger partial charge in [0.15, 0.2) is 0 Å². The molecule has 0 amide bonds. The second-order valence-electron chi connectivity index (χ2n) is 7.01. The molecule has 3 atom stereocenters. The number of benzene rings is 1. The summed E-state index contributed by atoms with van der Waals surface area (Å²) in [5, 5.41) is 9.59. The molecule has 3 unspecified atom stereocenters. The first-order chi connectivity index (χ1) is 12.3. The fourth-order valence-corrected chi connectivity index (χ4v) is 6.35. The molecule has 1 N–H and O–H groups in total. The summed E-state index contributed by atoms with van der Waals surface area (Å²) in [6, 6.07) is 2.92. The normalized spacial score (nSPS) is 26.3. The molecule has 142 valence electrons. The van der Waals surface area contributed by atoms with Crippen LogP contribution >= 0.6 is 0 Å². The van der Waals surface area contributed by atoms with Crippen molar-refractivity contribution in [2.24, 2.45) is 5.92 Å². The molecule has 2 aliphatic rings. The van der Waals surface area contributed by atoms with Crippen molar-refractivity contribution in [2.75, 3.05) is 7.11 Å². The molecule has 1 aromatic rings. The van der Waals surface area contributed by atoms with E-state index in [4.69, 9.17) is 0 Å². The van der Waals surface area contributed by atoms with Crippen LogP contribution in [0, 0.1) is 12.8 Å². The van der Waals surface area contributed by atoms with Crippen LogP contribution in [0.5, 0.6) is 0 Å². The summed E-state index contributed by atoms with van der Waals surface area (Å²) in [5.41, 5.74) is 0.659. The Morgan fingerprint density at radius 2 is 1.92 bits per heavy atom. The van der Waals surface area contributed by atoms with Gasteiger partial charge in [0.1, 0.15) is 6.04 Å². The maximum atomic E-state index is 13.3. The second-order valence-corrected chi connectivity index (χ2v) is 8.82. The lowest BCUT2D eigenvalue weighted by atomic mass is 9.85. The molecule has 0 bridgehead atoms. The number of carboxylic acids is 1. The lowest BCUT2D eigenvalue weighted by Gasteiger charge is -2.32. The van der Waals surface area contributed by atoms with Gasteiger partial charge in [0.2, 0.25) is 10.0 Å². The Kier molecular flexibility index (Phi) is 5.07. The molecule has 8 heteroatoms. The quantitative estimate of drug-likeness (QED) is 0.803. The van der Waals surface area contributed by atoms with E-state index < -0.39 is 28.0 Å². The summed E-state index contributed by atoms with van der Waals surface area (Å²) < 4.78 is 32.5. The van der Waals surface area contributed by atoms with E-state index in [0.717, 1.165) is 19.3 Å². The zero-order valence-electron chi connectivity index (χ0n) is 14.8. The third-order valence-corrected chi connectivity index (χ3v) is 7.56. The lowest BCUT2D eigenvalue weighted by molar-refractivity contribution is -0.141. The van der Waals surface area contributed by atoms with Crippen LogP contribution in [0.3, 0.4) is 0 Å². The number of sulfonamides is 1. The molecular weight excluding hydrogens is 358 g/mol. The SMILES string of the molecule is COC(=O)c1ccc(S(=O)(=O)N2C(C(=O)O)CC3CCCCC32)c(C)c1. The minimum atomic E-state index is -3.98. The summed E-state index contributed by atoms with van der Waals surface area (Å²) in [7, 11) is -2.73. The van der Waals surface area contributed by atoms with Crippen molar-refractivity contribution in [2.45, 2.75) is 56.0 Å². The number of ether oxygens (including phenoxy) is 1. The molecule has 7 nitrogen and oxygen atoms in total. The van der Waals surface area contributed by atoms with E-state index in [2.05, 4.69) is 4.74 Å². The highest BCUT2D eigenvalue weighted by Gasteiger charge is 2.51. The lowest BCUT2D eigenvalue weighted by Crippen LogP contribution is -2.46. The summed E-state index contributed by atoms with van der Waals surface area (Å²) in [6.07, 6.45) is 3.82.